The van der Waals surface area contributed by atoms with Crippen LogP contribution in [0.2, 0.25) is 0 Å². The molecule has 0 aliphatic carbocycles. The highest BCUT2D eigenvalue weighted by molar-refractivity contribution is 7.92. The van der Waals surface area contributed by atoms with Crippen molar-refractivity contribution in [3.63, 3.8) is 0 Å². The van der Waals surface area contributed by atoms with Crippen LogP contribution in [0, 0.1) is 0 Å². The van der Waals surface area contributed by atoms with Crippen molar-refractivity contribution in [3.8, 4) is 5.75 Å². The topological polar surface area (TPSA) is 57.6 Å². The van der Waals surface area contributed by atoms with E-state index < -0.39 is 10.0 Å². The number of unbranched alkanes of at least 4 members (excludes halogenated alkanes) is 4. The first-order valence-electron chi connectivity index (χ1n) is 7.80. The number of phenols is 1. The normalized spacial score (nSPS) is 11.5. The van der Waals surface area contributed by atoms with E-state index in [4.69, 9.17) is 0 Å². The van der Waals surface area contributed by atoms with Crippen LogP contribution in [0.1, 0.15) is 52.4 Å². The van der Waals surface area contributed by atoms with Gasteiger partial charge in [-0.25, -0.2) is 8.42 Å². The zero-order valence-electron chi connectivity index (χ0n) is 13.1. The van der Waals surface area contributed by atoms with Crippen molar-refractivity contribution in [1.82, 2.24) is 0 Å². The summed E-state index contributed by atoms with van der Waals surface area (Å²) >= 11 is 0. The zero-order valence-corrected chi connectivity index (χ0v) is 13.9. The second-order valence-electron chi connectivity index (χ2n) is 5.32. The predicted octanol–water partition coefficient (Wildman–Crippen LogP) is 3.91. The Hall–Kier alpha value is -1.23. The monoisotopic (exact) mass is 313 g/mol. The van der Waals surface area contributed by atoms with Gasteiger partial charge in [0.05, 0.1) is 11.4 Å². The minimum Gasteiger partial charge on any atom is -0.508 e. The molecule has 0 radical (unpaired) electrons. The lowest BCUT2D eigenvalue weighted by Gasteiger charge is -2.24. The number of hydrogen-bond acceptors (Lipinski definition) is 3. The number of aromatic hydroxyl groups is 1. The van der Waals surface area contributed by atoms with E-state index in [1.807, 2.05) is 6.92 Å². The number of phenolic OH excluding ortho intramolecular Hbond substituents is 1. The predicted molar refractivity (Wildman–Crippen MR) is 88.3 cm³/mol. The molecular weight excluding hydrogens is 286 g/mol. The first-order valence-corrected chi connectivity index (χ1v) is 9.41. The van der Waals surface area contributed by atoms with Gasteiger partial charge in [-0.1, -0.05) is 39.5 Å². The molecule has 1 aromatic rings. The third-order valence-electron chi connectivity index (χ3n) is 3.44. The van der Waals surface area contributed by atoms with E-state index in [1.165, 1.54) is 16.4 Å². The van der Waals surface area contributed by atoms with E-state index in [0.717, 1.165) is 32.1 Å². The molecule has 0 saturated heterocycles. The van der Waals surface area contributed by atoms with E-state index in [9.17, 15) is 13.5 Å². The first-order chi connectivity index (χ1) is 10.0. The number of benzene rings is 1. The Morgan fingerprint density at radius 3 is 2.14 bits per heavy atom. The third-order valence-corrected chi connectivity index (χ3v) is 5.31. The number of hydrogen-bond donors (Lipinski definition) is 1. The fourth-order valence-corrected chi connectivity index (χ4v) is 3.81. The van der Waals surface area contributed by atoms with Crippen LogP contribution in [0.4, 0.5) is 5.69 Å². The highest BCUT2D eigenvalue weighted by Gasteiger charge is 2.21. The standard InChI is InChI=1S/C16H27NO3S/c1-3-5-7-8-14-21(19,20)17(13-6-4-2)15-9-11-16(18)12-10-15/h9-12,18H,3-8,13-14H2,1-2H3. The maximum absolute atomic E-state index is 12.5. The molecule has 21 heavy (non-hydrogen) atoms. The van der Waals surface area contributed by atoms with E-state index in [-0.39, 0.29) is 11.5 Å². The van der Waals surface area contributed by atoms with Crippen LogP contribution in [0.3, 0.4) is 0 Å². The Bertz CT molecular complexity index is 497. The second-order valence-corrected chi connectivity index (χ2v) is 7.33. The SMILES string of the molecule is CCCCCCS(=O)(=O)N(CCCC)c1ccc(O)cc1. The Morgan fingerprint density at radius 2 is 1.57 bits per heavy atom. The minimum atomic E-state index is -3.29. The summed E-state index contributed by atoms with van der Waals surface area (Å²) < 4.78 is 26.6. The minimum absolute atomic E-state index is 0.148. The zero-order chi connectivity index (χ0) is 15.7. The van der Waals surface area contributed by atoms with Gasteiger partial charge in [0, 0.05) is 6.54 Å². The number of anilines is 1. The molecule has 0 bridgehead atoms. The van der Waals surface area contributed by atoms with Crippen molar-refractivity contribution in [2.75, 3.05) is 16.6 Å². The van der Waals surface area contributed by atoms with Gasteiger partial charge in [-0.2, -0.15) is 0 Å². The molecular formula is C16H27NO3S. The number of nitrogens with zero attached hydrogens (tertiary/aromatic N) is 1. The molecule has 0 spiro atoms. The lowest BCUT2D eigenvalue weighted by atomic mass is 10.2. The maximum atomic E-state index is 12.5. The van der Waals surface area contributed by atoms with Gasteiger partial charge >= 0.3 is 0 Å². The molecule has 5 heteroatoms. The van der Waals surface area contributed by atoms with E-state index in [2.05, 4.69) is 6.92 Å². The van der Waals surface area contributed by atoms with Crippen molar-refractivity contribution in [2.24, 2.45) is 0 Å². The van der Waals surface area contributed by atoms with Gasteiger partial charge < -0.3 is 5.11 Å². The van der Waals surface area contributed by atoms with Gasteiger partial charge in [0.1, 0.15) is 5.75 Å². The molecule has 0 atom stereocenters. The molecule has 0 saturated carbocycles. The van der Waals surface area contributed by atoms with E-state index in [1.54, 1.807) is 12.1 Å². The van der Waals surface area contributed by atoms with Crippen molar-refractivity contribution < 1.29 is 13.5 Å². The number of rotatable bonds is 10. The fourth-order valence-electron chi connectivity index (χ4n) is 2.17. The summed E-state index contributed by atoms with van der Waals surface area (Å²) in [5, 5.41) is 9.35. The van der Waals surface area contributed by atoms with E-state index >= 15 is 0 Å². The van der Waals surface area contributed by atoms with Crippen molar-refractivity contribution in [3.05, 3.63) is 24.3 Å². The molecule has 120 valence electrons. The van der Waals surface area contributed by atoms with Gasteiger partial charge in [-0.15, -0.1) is 0 Å². The van der Waals surface area contributed by atoms with Crippen LogP contribution in [-0.2, 0) is 10.0 Å². The Morgan fingerprint density at radius 1 is 0.952 bits per heavy atom. The molecule has 0 aliphatic heterocycles. The summed E-state index contributed by atoms with van der Waals surface area (Å²) in [5.41, 5.74) is 0.636. The van der Waals surface area contributed by atoms with Crippen LogP contribution >= 0.6 is 0 Å². The summed E-state index contributed by atoms with van der Waals surface area (Å²) in [4.78, 5) is 0. The first kappa shape index (κ1) is 17.8. The lowest BCUT2D eigenvalue weighted by molar-refractivity contribution is 0.475. The van der Waals surface area contributed by atoms with Crippen LogP contribution in [0.15, 0.2) is 24.3 Å². The van der Waals surface area contributed by atoms with Crippen LogP contribution in [0.5, 0.6) is 5.75 Å². The highest BCUT2D eigenvalue weighted by Crippen LogP contribution is 2.22. The average molecular weight is 313 g/mol. The van der Waals surface area contributed by atoms with Crippen molar-refractivity contribution in [1.29, 1.82) is 0 Å². The summed E-state index contributed by atoms with van der Waals surface area (Å²) in [5.74, 6) is 0.340. The largest absolute Gasteiger partial charge is 0.508 e. The molecule has 1 N–H and O–H groups in total. The summed E-state index contributed by atoms with van der Waals surface area (Å²) in [6.45, 7) is 4.65. The van der Waals surface area contributed by atoms with Gasteiger partial charge in [-0.05, 0) is 37.1 Å². The summed E-state index contributed by atoms with van der Waals surface area (Å²) in [6.07, 6.45) is 5.60. The lowest BCUT2D eigenvalue weighted by Crippen LogP contribution is -2.34. The van der Waals surface area contributed by atoms with Crippen LogP contribution in [0.25, 0.3) is 0 Å². The maximum Gasteiger partial charge on any atom is 0.235 e. The van der Waals surface area contributed by atoms with Crippen molar-refractivity contribution >= 4 is 15.7 Å². The Balaban J connectivity index is 2.82. The van der Waals surface area contributed by atoms with Crippen molar-refractivity contribution in [2.45, 2.75) is 52.4 Å². The number of sulfonamides is 1. The van der Waals surface area contributed by atoms with Gasteiger partial charge in [0.15, 0.2) is 0 Å². The molecule has 0 aromatic heterocycles. The molecule has 0 unspecified atom stereocenters. The molecule has 1 aromatic carbocycles. The van der Waals surface area contributed by atoms with Crippen LogP contribution in [-0.4, -0.2) is 25.8 Å². The molecule has 0 heterocycles. The quantitative estimate of drug-likeness (QED) is 0.666. The molecule has 1 rings (SSSR count). The van der Waals surface area contributed by atoms with Crippen LogP contribution < -0.4 is 4.31 Å². The highest BCUT2D eigenvalue weighted by atomic mass is 32.2. The fraction of sp³-hybridized carbons (Fsp3) is 0.625. The van der Waals surface area contributed by atoms with Gasteiger partial charge in [0.2, 0.25) is 10.0 Å². The van der Waals surface area contributed by atoms with Gasteiger partial charge in [0.25, 0.3) is 0 Å². The molecule has 0 fully saturated rings. The smallest absolute Gasteiger partial charge is 0.235 e. The molecule has 4 nitrogen and oxygen atoms in total. The molecule has 0 aliphatic rings. The summed E-state index contributed by atoms with van der Waals surface area (Å²) in [7, 11) is -3.29. The third kappa shape index (κ3) is 5.96. The van der Waals surface area contributed by atoms with Gasteiger partial charge in [-0.3, -0.25) is 4.31 Å². The Labute approximate surface area is 128 Å². The summed E-state index contributed by atoms with van der Waals surface area (Å²) in [6, 6.07) is 6.38. The second kappa shape index (κ2) is 8.93. The van der Waals surface area contributed by atoms with E-state index in [0.29, 0.717) is 18.7 Å². The average Bonchev–Trinajstić information content (AvgIpc) is 2.46. The molecule has 0 amide bonds. The Kier molecular flexibility index (Phi) is 7.57.